The summed E-state index contributed by atoms with van der Waals surface area (Å²) in [7, 11) is 0. The molecule has 5 rings (SSSR count). The minimum Gasteiger partial charge on any atom is -0.444 e. The molecular formula is C37H41ClN2O3S. The minimum atomic E-state index is -0.424. The third kappa shape index (κ3) is 10.0. The Balaban J connectivity index is 1.20. The predicted octanol–water partition coefficient (Wildman–Crippen LogP) is 9.21. The molecule has 230 valence electrons. The normalized spacial score (nSPS) is 17.8. The number of ether oxygens (including phenoxy) is 1. The number of nitrogens with one attached hydrogen (secondary N) is 1. The van der Waals surface area contributed by atoms with E-state index in [0.717, 1.165) is 60.4 Å². The van der Waals surface area contributed by atoms with Crippen LogP contribution < -0.4 is 5.32 Å². The first-order valence-corrected chi connectivity index (χ1v) is 16.9. The molecule has 0 radical (unpaired) electrons. The van der Waals surface area contributed by atoms with E-state index in [1.165, 1.54) is 22.5 Å². The monoisotopic (exact) mass is 628 g/mol. The molecule has 1 aliphatic carbocycles. The first-order chi connectivity index (χ1) is 21.5. The van der Waals surface area contributed by atoms with Gasteiger partial charge in [0.25, 0.3) is 0 Å². The Bertz CT molecular complexity index is 1420. The van der Waals surface area contributed by atoms with Gasteiger partial charge < -0.3 is 10.1 Å². The fraction of sp³-hybridized carbons (Fsp3) is 0.378. The van der Waals surface area contributed by atoms with Crippen molar-refractivity contribution in [2.45, 2.75) is 76.4 Å². The number of ketones is 1. The van der Waals surface area contributed by atoms with Gasteiger partial charge in [0.05, 0.1) is 10.4 Å². The van der Waals surface area contributed by atoms with Gasteiger partial charge in [-0.3, -0.25) is 9.78 Å². The number of benzene rings is 3. The predicted molar refractivity (Wildman–Crippen MR) is 178 cm³/mol. The topological polar surface area (TPSA) is 68.3 Å². The molecule has 1 aliphatic rings. The average molecular weight is 629 g/mol. The SMILES string of the molecule is O=C(N[C@H](CC[C@@H](CC(=O)C1CCC(c2ccc(Cl)cc2)CC1)Cc1ccccc1)Cc1ccccc1)OCc1cncs1. The Morgan fingerprint density at radius 2 is 1.52 bits per heavy atom. The lowest BCUT2D eigenvalue weighted by atomic mass is 9.75. The Morgan fingerprint density at radius 3 is 2.16 bits per heavy atom. The van der Waals surface area contributed by atoms with Crippen molar-refractivity contribution >= 4 is 34.8 Å². The van der Waals surface area contributed by atoms with Crippen LogP contribution in [0.2, 0.25) is 5.02 Å². The zero-order valence-electron chi connectivity index (χ0n) is 25.1. The summed E-state index contributed by atoms with van der Waals surface area (Å²) in [6.45, 7) is 0.208. The fourth-order valence-corrected chi connectivity index (χ4v) is 7.01. The van der Waals surface area contributed by atoms with Crippen LogP contribution in [0.25, 0.3) is 0 Å². The summed E-state index contributed by atoms with van der Waals surface area (Å²) in [6.07, 6.45) is 8.97. The first-order valence-electron chi connectivity index (χ1n) is 15.7. The molecule has 1 aromatic heterocycles. The van der Waals surface area contributed by atoms with Crippen LogP contribution in [-0.2, 0) is 29.0 Å². The van der Waals surface area contributed by atoms with Crippen LogP contribution in [-0.4, -0.2) is 22.9 Å². The average Bonchev–Trinajstić information content (AvgIpc) is 3.58. The van der Waals surface area contributed by atoms with Crippen LogP contribution in [0.15, 0.2) is 96.6 Å². The number of halogens is 1. The van der Waals surface area contributed by atoms with Crippen molar-refractivity contribution in [2.75, 3.05) is 0 Å². The van der Waals surface area contributed by atoms with Gasteiger partial charge in [-0.05, 0) is 92.0 Å². The second-order valence-electron chi connectivity index (χ2n) is 12.0. The number of Topliss-reactive ketones (excluding diaryl/α,β-unsaturated/α-hetero) is 1. The molecule has 0 bridgehead atoms. The summed E-state index contributed by atoms with van der Waals surface area (Å²) in [6, 6.07) is 28.7. The maximum Gasteiger partial charge on any atom is 0.407 e. The first kappa shape index (κ1) is 31.9. The zero-order chi connectivity index (χ0) is 30.6. The molecule has 1 N–H and O–H groups in total. The number of hydrogen-bond donors (Lipinski definition) is 1. The minimum absolute atomic E-state index is 0.102. The summed E-state index contributed by atoms with van der Waals surface area (Å²) in [5, 5.41) is 3.88. The maximum atomic E-state index is 13.7. The van der Waals surface area contributed by atoms with Crippen molar-refractivity contribution in [1.29, 1.82) is 0 Å². The van der Waals surface area contributed by atoms with E-state index in [1.54, 1.807) is 11.7 Å². The van der Waals surface area contributed by atoms with Gasteiger partial charge in [-0.15, -0.1) is 11.3 Å². The van der Waals surface area contributed by atoms with E-state index in [-0.39, 0.29) is 24.5 Å². The van der Waals surface area contributed by atoms with Crippen LogP contribution in [0.1, 0.15) is 72.4 Å². The van der Waals surface area contributed by atoms with Crippen molar-refractivity contribution in [3.63, 3.8) is 0 Å². The Hall–Kier alpha value is -3.48. The van der Waals surface area contributed by atoms with Crippen molar-refractivity contribution in [3.05, 3.63) is 123 Å². The fourth-order valence-electron chi connectivity index (χ4n) is 6.38. The van der Waals surface area contributed by atoms with E-state index in [1.807, 2.05) is 36.4 Å². The summed E-state index contributed by atoms with van der Waals surface area (Å²) >= 11 is 7.56. The largest absolute Gasteiger partial charge is 0.444 e. The van der Waals surface area contributed by atoms with E-state index in [2.05, 4.69) is 58.8 Å². The highest BCUT2D eigenvalue weighted by molar-refractivity contribution is 7.09. The molecule has 1 fully saturated rings. The van der Waals surface area contributed by atoms with E-state index >= 15 is 0 Å². The Labute approximate surface area is 270 Å². The molecular weight excluding hydrogens is 588 g/mol. The lowest BCUT2D eigenvalue weighted by Crippen LogP contribution is -2.37. The molecule has 0 unspecified atom stereocenters. The quantitative estimate of drug-likeness (QED) is 0.151. The number of hydrogen-bond acceptors (Lipinski definition) is 5. The van der Waals surface area contributed by atoms with Gasteiger partial charge >= 0.3 is 6.09 Å². The number of carbonyl (C=O) groups excluding carboxylic acids is 2. The van der Waals surface area contributed by atoms with Crippen LogP contribution >= 0.6 is 22.9 Å². The number of aromatic nitrogens is 1. The highest BCUT2D eigenvalue weighted by Crippen LogP contribution is 2.37. The molecule has 5 nitrogen and oxygen atoms in total. The summed E-state index contributed by atoms with van der Waals surface area (Å²) < 4.78 is 5.51. The summed E-state index contributed by atoms with van der Waals surface area (Å²) in [5.41, 5.74) is 5.46. The van der Waals surface area contributed by atoms with Gasteiger partial charge in [0.15, 0.2) is 0 Å². The maximum absolute atomic E-state index is 13.7. The summed E-state index contributed by atoms with van der Waals surface area (Å²) in [4.78, 5) is 31.4. The number of alkyl carbamates (subject to hydrolysis) is 1. The third-order valence-electron chi connectivity index (χ3n) is 8.78. The van der Waals surface area contributed by atoms with Gasteiger partial charge in [-0.25, -0.2) is 4.79 Å². The molecule has 1 amide bonds. The van der Waals surface area contributed by atoms with E-state index in [4.69, 9.17) is 16.3 Å². The molecule has 3 aromatic carbocycles. The van der Waals surface area contributed by atoms with Crippen LogP contribution in [0.4, 0.5) is 4.79 Å². The highest BCUT2D eigenvalue weighted by atomic mass is 35.5. The highest BCUT2D eigenvalue weighted by Gasteiger charge is 2.29. The van der Waals surface area contributed by atoms with Crippen molar-refractivity contribution in [3.8, 4) is 0 Å². The molecule has 2 atom stereocenters. The van der Waals surface area contributed by atoms with Gasteiger partial charge in [-0.2, -0.15) is 0 Å². The standard InChI is InChI=1S/C37H41ClN2O3S/c38-33-18-16-31(17-19-33)30-12-14-32(15-13-30)36(41)23-29(21-27-7-3-1-4-8-27)11-20-34(22-28-9-5-2-6-10-28)40-37(42)43-25-35-24-39-26-44-35/h1-10,16-19,24,26,29-30,32,34H,11-15,20-23,25H2,(H,40,42)/t29-,30?,32?,34-/m1/s1. The molecule has 1 saturated carbocycles. The molecule has 7 heteroatoms. The molecule has 0 spiro atoms. The van der Waals surface area contributed by atoms with Gasteiger partial charge in [0.2, 0.25) is 0 Å². The Kier molecular flexibility index (Phi) is 12.0. The molecule has 1 heterocycles. The van der Waals surface area contributed by atoms with Gasteiger partial charge in [-0.1, -0.05) is 84.4 Å². The summed E-state index contributed by atoms with van der Waals surface area (Å²) in [5.74, 6) is 1.21. The lowest BCUT2D eigenvalue weighted by molar-refractivity contribution is -0.124. The number of nitrogens with zero attached hydrogens (tertiary/aromatic N) is 1. The second-order valence-corrected chi connectivity index (χ2v) is 13.4. The van der Waals surface area contributed by atoms with Gasteiger partial charge in [0.1, 0.15) is 12.4 Å². The number of thiazole rings is 1. The number of carbonyl (C=O) groups is 2. The van der Waals surface area contributed by atoms with Crippen molar-refractivity contribution in [1.82, 2.24) is 10.3 Å². The van der Waals surface area contributed by atoms with Crippen LogP contribution in [0.3, 0.4) is 0 Å². The van der Waals surface area contributed by atoms with E-state index in [9.17, 15) is 9.59 Å². The van der Waals surface area contributed by atoms with Crippen molar-refractivity contribution in [2.24, 2.45) is 11.8 Å². The van der Waals surface area contributed by atoms with Crippen LogP contribution in [0.5, 0.6) is 0 Å². The molecule has 44 heavy (non-hydrogen) atoms. The zero-order valence-corrected chi connectivity index (χ0v) is 26.6. The van der Waals surface area contributed by atoms with Crippen LogP contribution in [0, 0.1) is 11.8 Å². The molecule has 0 aliphatic heterocycles. The van der Waals surface area contributed by atoms with Crippen molar-refractivity contribution < 1.29 is 14.3 Å². The molecule has 4 aromatic rings. The lowest BCUT2D eigenvalue weighted by Gasteiger charge is -2.29. The second kappa shape index (κ2) is 16.6. The number of rotatable bonds is 14. The van der Waals surface area contributed by atoms with Gasteiger partial charge in [0, 0.05) is 29.6 Å². The van der Waals surface area contributed by atoms with E-state index in [0.29, 0.717) is 24.5 Å². The smallest absolute Gasteiger partial charge is 0.407 e. The molecule has 0 saturated heterocycles. The Morgan fingerprint density at radius 1 is 0.864 bits per heavy atom. The van der Waals surface area contributed by atoms with E-state index < -0.39 is 6.09 Å². The third-order valence-corrected chi connectivity index (χ3v) is 9.79. The number of amides is 1.